The van der Waals surface area contributed by atoms with Gasteiger partial charge < -0.3 is 48.3 Å². The number of thioether (sulfide) groups is 1. The Bertz CT molecular complexity index is 2470. The zero-order chi connectivity index (χ0) is 44.7. The van der Waals surface area contributed by atoms with E-state index in [2.05, 4.69) is 16.3 Å². The van der Waals surface area contributed by atoms with E-state index >= 15 is 4.79 Å². The highest BCUT2D eigenvalue weighted by Gasteiger charge is 2.57. The van der Waals surface area contributed by atoms with Gasteiger partial charge in [0.2, 0.25) is 6.79 Å². The molecule has 63 heavy (non-hydrogen) atoms. The number of aromatic hydroxyl groups is 1. The number of esters is 2. The molecule has 334 valence electrons. The Balaban J connectivity index is 1.26. The quantitative estimate of drug-likeness (QED) is 0.115. The predicted octanol–water partition coefficient (Wildman–Crippen LogP) is 6.65. The number of phenolic OH excluding ortho intramolecular Hbond substituents is 1. The molecule has 0 radical (unpaired) electrons. The Morgan fingerprint density at radius 2 is 1.83 bits per heavy atom. The number of piperazine rings is 1. The number of nitrogens with zero attached hydrogens (tertiary/aromatic N) is 3. The molecule has 3 aromatic rings. The van der Waals surface area contributed by atoms with E-state index in [0.29, 0.717) is 64.5 Å². The van der Waals surface area contributed by atoms with Crippen LogP contribution in [0.25, 0.3) is 5.32 Å². The van der Waals surface area contributed by atoms with Crippen LogP contribution in [0, 0.1) is 25.2 Å². The summed E-state index contributed by atoms with van der Waals surface area (Å²) in [5.41, 5.74) is 2.89. The van der Waals surface area contributed by atoms with Gasteiger partial charge >= 0.3 is 18.1 Å². The van der Waals surface area contributed by atoms with Crippen molar-refractivity contribution in [2.45, 2.75) is 100 Å². The van der Waals surface area contributed by atoms with Crippen molar-refractivity contribution in [3.8, 4) is 46.3 Å². The lowest BCUT2D eigenvalue weighted by atomic mass is 9.72. The van der Waals surface area contributed by atoms with Gasteiger partial charge in [-0.2, -0.15) is 5.26 Å². The van der Waals surface area contributed by atoms with Crippen molar-refractivity contribution in [2.24, 2.45) is 0 Å². The second-order valence-electron chi connectivity index (χ2n) is 17.4. The number of phenols is 1. The van der Waals surface area contributed by atoms with E-state index in [4.69, 9.17) is 54.8 Å². The smallest absolute Gasteiger partial charge is 0.514 e. The zero-order valence-corrected chi connectivity index (χ0v) is 37.5. The number of rotatable bonds is 6. The highest BCUT2D eigenvalue weighted by Crippen LogP contribution is 2.65. The molecule has 2 saturated heterocycles. The SMILES string of the molecule is COc1cc2c(cc1OC(=O)OC(C)(C)C)CCN[C@]21CS[C@@H]2c3c(OC(=O)CCCl)c(C)c4c(c3[C@H](COC1=O)N1C2[C@@H]2[N-][C@@H](Cc3cc(C)c(OC)c(O)c32)[C@@H]1C#N)OCO4. The summed E-state index contributed by atoms with van der Waals surface area (Å²) in [5, 5.41) is 31.3. The summed E-state index contributed by atoms with van der Waals surface area (Å²) in [5.74, 6) is 0.614. The maximum atomic E-state index is 15.0. The van der Waals surface area contributed by atoms with Crippen molar-refractivity contribution in [2.75, 3.05) is 45.8 Å². The van der Waals surface area contributed by atoms with Gasteiger partial charge in [-0.1, -0.05) is 12.1 Å². The van der Waals surface area contributed by atoms with E-state index in [1.54, 1.807) is 39.8 Å². The fourth-order valence-electron chi connectivity index (χ4n) is 10.2. The molecule has 10 rings (SSSR count). The first kappa shape index (κ1) is 43.1. The van der Waals surface area contributed by atoms with Crippen LogP contribution in [0.3, 0.4) is 0 Å². The number of hydrogen-bond donors (Lipinski definition) is 2. The number of aryl methyl sites for hydroxylation is 1. The molecular weight excluding hydrogens is 856 g/mol. The summed E-state index contributed by atoms with van der Waals surface area (Å²) in [6.45, 7) is 8.86. The lowest BCUT2D eigenvalue weighted by molar-refractivity contribution is -0.155. The number of ether oxygens (including phenoxy) is 8. The standard InChI is InChI=1S/C45H48ClN4O12S/c1-20-12-23-13-25-26(16-47)50-27-17-57-42(53)45(24-15-28(55-6)29(14-22(24)9-11-48-45)60-43(54)62-44(3,4)5)18-63-41(35(50)34(49-25)31(23)36(52)37(20)56-7)33-32(27)40-39(58-19-59-40)21(2)38(33)61-30(51)8-10-46/h12,14-15,25-27,34-35,41,48,52H,8-11,13,17-19H2,1-7H3/q-1/t25-,26-,27-,34+,35?,41+,45+/m0/s1. The summed E-state index contributed by atoms with van der Waals surface area (Å²) < 4.78 is 47.7. The van der Waals surface area contributed by atoms with Crippen LogP contribution in [-0.2, 0) is 37.4 Å². The predicted molar refractivity (Wildman–Crippen MR) is 228 cm³/mol. The Kier molecular flexibility index (Phi) is 11.1. The highest BCUT2D eigenvalue weighted by molar-refractivity contribution is 7.99. The van der Waals surface area contributed by atoms with E-state index < -0.39 is 64.7 Å². The third kappa shape index (κ3) is 6.96. The third-order valence-corrected chi connectivity index (χ3v) is 14.3. The van der Waals surface area contributed by atoms with Crippen LogP contribution in [0.4, 0.5) is 4.79 Å². The van der Waals surface area contributed by atoms with E-state index in [-0.39, 0.29) is 54.5 Å². The fraction of sp³-hybridized carbons (Fsp3) is 0.511. The molecule has 7 atom stereocenters. The maximum Gasteiger partial charge on any atom is 0.514 e. The minimum Gasteiger partial charge on any atom is -0.649 e. The second-order valence-corrected chi connectivity index (χ2v) is 18.9. The molecule has 18 heteroatoms. The van der Waals surface area contributed by atoms with Gasteiger partial charge in [0.25, 0.3) is 0 Å². The number of carbonyl (C=O) groups excluding carboxylic acids is 3. The van der Waals surface area contributed by atoms with Crippen LogP contribution in [0.15, 0.2) is 18.2 Å². The number of alkyl halides is 1. The average Bonchev–Trinajstić information content (AvgIpc) is 3.73. The molecule has 1 spiro atoms. The topological polar surface area (TPSA) is 198 Å². The Hall–Kier alpha value is -5.12. The zero-order valence-electron chi connectivity index (χ0n) is 35.9. The monoisotopic (exact) mass is 903 g/mol. The number of benzene rings is 3. The molecular formula is C45H48ClN4O12S-. The number of fused-ring (bicyclic) bond motifs is 9. The highest BCUT2D eigenvalue weighted by atomic mass is 35.5. The van der Waals surface area contributed by atoms with Crippen molar-refractivity contribution in [3.63, 3.8) is 0 Å². The van der Waals surface area contributed by atoms with Gasteiger partial charge in [0.1, 0.15) is 18.0 Å². The molecule has 0 saturated carbocycles. The Morgan fingerprint density at radius 1 is 1.05 bits per heavy atom. The van der Waals surface area contributed by atoms with Gasteiger partial charge in [-0.15, -0.1) is 29.4 Å². The molecule has 3 aromatic carbocycles. The third-order valence-electron chi connectivity index (χ3n) is 12.7. The van der Waals surface area contributed by atoms with E-state index in [0.717, 1.165) is 16.7 Å². The molecule has 16 nitrogen and oxygen atoms in total. The average molecular weight is 904 g/mol. The van der Waals surface area contributed by atoms with Crippen LogP contribution in [0.5, 0.6) is 40.2 Å². The Labute approximate surface area is 373 Å². The molecule has 0 aliphatic carbocycles. The van der Waals surface area contributed by atoms with Crippen LogP contribution in [0.1, 0.15) is 89.0 Å². The first-order chi connectivity index (χ1) is 30.1. The van der Waals surface area contributed by atoms with Crippen molar-refractivity contribution in [3.05, 3.63) is 68.0 Å². The van der Waals surface area contributed by atoms with Gasteiger partial charge in [0, 0.05) is 46.2 Å². The van der Waals surface area contributed by atoms with E-state index in [1.165, 1.54) is 26.0 Å². The molecule has 7 aliphatic heterocycles. The van der Waals surface area contributed by atoms with Crippen molar-refractivity contribution in [1.29, 1.82) is 5.26 Å². The lowest BCUT2D eigenvalue weighted by Gasteiger charge is -2.65. The molecule has 2 fully saturated rings. The van der Waals surface area contributed by atoms with Gasteiger partial charge in [-0.3, -0.25) is 15.0 Å². The van der Waals surface area contributed by atoms with Gasteiger partial charge in [0.05, 0.1) is 38.8 Å². The maximum absolute atomic E-state index is 15.0. The number of nitriles is 1. The number of methoxy groups -OCH3 is 2. The van der Waals surface area contributed by atoms with Crippen LogP contribution >= 0.6 is 23.4 Å². The number of nitrogens with one attached hydrogen (secondary N) is 1. The largest absolute Gasteiger partial charge is 0.649 e. The first-order valence-corrected chi connectivity index (χ1v) is 22.4. The molecule has 0 aromatic heterocycles. The minimum absolute atomic E-state index is 0.0306. The number of hydrogen-bond acceptors (Lipinski definition) is 16. The van der Waals surface area contributed by atoms with Crippen molar-refractivity contribution < 1.29 is 57.4 Å². The first-order valence-electron chi connectivity index (χ1n) is 20.8. The normalized spacial score (nSPS) is 26.6. The Morgan fingerprint density at radius 3 is 2.54 bits per heavy atom. The van der Waals surface area contributed by atoms with E-state index in [1.807, 2.05) is 13.0 Å². The van der Waals surface area contributed by atoms with Crippen LogP contribution < -0.4 is 33.7 Å². The van der Waals surface area contributed by atoms with Crippen molar-refractivity contribution >= 4 is 41.5 Å². The summed E-state index contributed by atoms with van der Waals surface area (Å²) in [6, 6.07) is 4.38. The van der Waals surface area contributed by atoms with Crippen molar-refractivity contribution in [1.82, 2.24) is 10.2 Å². The van der Waals surface area contributed by atoms with Crippen LogP contribution in [-0.4, -0.2) is 97.6 Å². The fourth-order valence-corrected chi connectivity index (χ4v) is 12.0. The molecule has 4 bridgehead atoms. The molecule has 7 aliphatic rings. The molecule has 0 amide bonds. The summed E-state index contributed by atoms with van der Waals surface area (Å²) >= 11 is 7.47. The van der Waals surface area contributed by atoms with Gasteiger partial charge in [-0.05, 0) is 87.4 Å². The summed E-state index contributed by atoms with van der Waals surface area (Å²) in [4.78, 5) is 43.5. The van der Waals surface area contributed by atoms with E-state index in [9.17, 15) is 20.0 Å². The molecule has 7 heterocycles. The van der Waals surface area contributed by atoms with Gasteiger partial charge in [-0.25, -0.2) is 9.59 Å². The molecule has 1 unspecified atom stereocenters. The minimum atomic E-state index is -1.48. The van der Waals surface area contributed by atoms with Crippen LogP contribution in [0.2, 0.25) is 0 Å². The number of halogens is 1. The van der Waals surface area contributed by atoms with Gasteiger partial charge in [0.15, 0.2) is 40.0 Å². The summed E-state index contributed by atoms with van der Waals surface area (Å²) in [6.07, 6.45) is -0.126. The second kappa shape index (κ2) is 16.1. The number of carbonyl (C=O) groups is 3. The lowest BCUT2D eigenvalue weighted by Crippen LogP contribution is -2.64. The molecule has 2 N–H and O–H groups in total. The summed E-state index contributed by atoms with van der Waals surface area (Å²) in [7, 11) is 2.95.